The average molecular weight is 313 g/mol. The van der Waals surface area contributed by atoms with E-state index in [1.54, 1.807) is 28.6 Å². The first-order valence-electron chi connectivity index (χ1n) is 7.35. The molecule has 0 spiro atoms. The van der Waals surface area contributed by atoms with Crippen LogP contribution in [0.2, 0.25) is 0 Å². The number of thiophene rings is 1. The first kappa shape index (κ1) is 16.2. The highest BCUT2D eigenvalue weighted by Crippen LogP contribution is 2.13. The second kappa shape index (κ2) is 8.96. The van der Waals surface area contributed by atoms with Crippen LogP contribution in [0.4, 0.5) is 0 Å². The summed E-state index contributed by atoms with van der Waals surface area (Å²) in [5, 5.41) is 10.8. The van der Waals surface area contributed by atoms with Gasteiger partial charge in [-0.2, -0.15) is 5.26 Å². The predicted octanol–water partition coefficient (Wildman–Crippen LogP) is 3.41. The number of nitrogens with zero attached hydrogens (tertiary/aromatic N) is 3. The fourth-order valence-corrected chi connectivity index (χ4v) is 2.97. The Labute approximate surface area is 135 Å². The van der Waals surface area contributed by atoms with Gasteiger partial charge in [0.05, 0.1) is 12.5 Å². The van der Waals surface area contributed by atoms with Crippen LogP contribution in [0.3, 0.4) is 0 Å². The van der Waals surface area contributed by atoms with Crippen LogP contribution in [-0.4, -0.2) is 22.3 Å². The van der Waals surface area contributed by atoms with E-state index >= 15 is 0 Å². The van der Waals surface area contributed by atoms with E-state index in [2.05, 4.69) is 22.5 Å². The number of carbonyl (C=O) groups is 1. The van der Waals surface area contributed by atoms with Gasteiger partial charge in [0.25, 0.3) is 0 Å². The number of amides is 1. The van der Waals surface area contributed by atoms with Crippen molar-refractivity contribution < 1.29 is 4.79 Å². The first-order chi connectivity index (χ1) is 10.8. The van der Waals surface area contributed by atoms with Gasteiger partial charge in [-0.15, -0.1) is 11.3 Å². The fraction of sp³-hybridized carbons (Fsp3) is 0.353. The molecular formula is C17H19N3OS. The molecule has 0 aliphatic rings. The number of carbonyl (C=O) groups excluding carboxylic acids is 1. The molecule has 22 heavy (non-hydrogen) atoms. The second-order valence-corrected chi connectivity index (χ2v) is 6.05. The smallest absolute Gasteiger partial charge is 0.222 e. The van der Waals surface area contributed by atoms with Gasteiger partial charge < -0.3 is 4.90 Å². The number of hydrogen-bond acceptors (Lipinski definition) is 4. The van der Waals surface area contributed by atoms with E-state index in [9.17, 15) is 4.79 Å². The van der Waals surface area contributed by atoms with Crippen LogP contribution in [-0.2, 0) is 17.8 Å². The SMILES string of the molecule is N#CCCN(Cc1cccnc1)C(=O)CCCc1cccs1. The van der Waals surface area contributed by atoms with Crippen molar-refractivity contribution >= 4 is 17.2 Å². The molecule has 2 aromatic heterocycles. The van der Waals surface area contributed by atoms with Crippen molar-refractivity contribution in [1.29, 1.82) is 5.26 Å². The summed E-state index contributed by atoms with van der Waals surface area (Å²) in [7, 11) is 0. The highest BCUT2D eigenvalue weighted by molar-refractivity contribution is 7.09. The van der Waals surface area contributed by atoms with E-state index < -0.39 is 0 Å². The molecule has 0 saturated carbocycles. The minimum absolute atomic E-state index is 0.107. The summed E-state index contributed by atoms with van der Waals surface area (Å²) in [6.45, 7) is 0.997. The average Bonchev–Trinajstić information content (AvgIpc) is 3.05. The molecule has 2 heterocycles. The molecule has 2 aromatic rings. The second-order valence-electron chi connectivity index (χ2n) is 5.02. The zero-order valence-electron chi connectivity index (χ0n) is 12.4. The van der Waals surface area contributed by atoms with Crippen LogP contribution < -0.4 is 0 Å². The van der Waals surface area contributed by atoms with Gasteiger partial charge in [-0.1, -0.05) is 12.1 Å². The Hall–Kier alpha value is -2.19. The van der Waals surface area contributed by atoms with Crippen LogP contribution in [0.5, 0.6) is 0 Å². The molecule has 0 bridgehead atoms. The largest absolute Gasteiger partial charge is 0.337 e. The third-order valence-electron chi connectivity index (χ3n) is 3.34. The summed E-state index contributed by atoms with van der Waals surface area (Å²) in [6.07, 6.45) is 6.13. The lowest BCUT2D eigenvalue weighted by atomic mass is 10.2. The van der Waals surface area contributed by atoms with Crippen LogP contribution in [0.25, 0.3) is 0 Å². The maximum absolute atomic E-state index is 12.4. The van der Waals surface area contributed by atoms with Crippen molar-refractivity contribution in [2.45, 2.75) is 32.2 Å². The van der Waals surface area contributed by atoms with Crippen molar-refractivity contribution in [3.05, 3.63) is 52.5 Å². The van der Waals surface area contributed by atoms with Gasteiger partial charge in [0.1, 0.15) is 0 Å². The van der Waals surface area contributed by atoms with Crippen LogP contribution >= 0.6 is 11.3 Å². The number of hydrogen-bond donors (Lipinski definition) is 0. The van der Waals surface area contributed by atoms with Crippen LogP contribution in [0.1, 0.15) is 29.7 Å². The Morgan fingerprint density at radius 3 is 2.95 bits per heavy atom. The van der Waals surface area contributed by atoms with E-state index in [0.29, 0.717) is 25.9 Å². The van der Waals surface area contributed by atoms with Crippen LogP contribution in [0, 0.1) is 11.3 Å². The fourth-order valence-electron chi connectivity index (χ4n) is 2.22. The minimum atomic E-state index is 0.107. The summed E-state index contributed by atoms with van der Waals surface area (Å²) in [5.41, 5.74) is 0.993. The molecule has 0 radical (unpaired) electrons. The standard InChI is InChI=1S/C17H19N3OS/c18-9-4-11-20(14-15-5-2-10-19-13-15)17(21)8-1-6-16-7-3-12-22-16/h2-3,5,7,10,12-13H,1,4,6,8,11,14H2. The molecule has 0 aliphatic carbocycles. The Morgan fingerprint density at radius 2 is 2.27 bits per heavy atom. The summed E-state index contributed by atoms with van der Waals surface area (Å²) >= 11 is 1.72. The normalized spacial score (nSPS) is 10.1. The molecule has 0 N–H and O–H groups in total. The summed E-state index contributed by atoms with van der Waals surface area (Å²) in [6, 6.07) is 10.0. The van der Waals surface area contributed by atoms with Crippen molar-refractivity contribution in [2.75, 3.05) is 6.54 Å². The lowest BCUT2D eigenvalue weighted by Crippen LogP contribution is -2.31. The predicted molar refractivity (Wildman–Crippen MR) is 87.1 cm³/mol. The van der Waals surface area contributed by atoms with Gasteiger partial charge in [0.2, 0.25) is 5.91 Å². The number of nitriles is 1. The van der Waals surface area contributed by atoms with Gasteiger partial charge in [-0.05, 0) is 35.9 Å². The van der Waals surface area contributed by atoms with Crippen LogP contribution in [0.15, 0.2) is 42.0 Å². The van der Waals surface area contributed by atoms with E-state index in [1.807, 2.05) is 18.2 Å². The molecule has 1 amide bonds. The van der Waals surface area contributed by atoms with Crippen molar-refractivity contribution in [1.82, 2.24) is 9.88 Å². The van der Waals surface area contributed by atoms with Gasteiger partial charge in [-0.25, -0.2) is 0 Å². The summed E-state index contributed by atoms with van der Waals surface area (Å²) in [5.74, 6) is 0.107. The summed E-state index contributed by atoms with van der Waals surface area (Å²) < 4.78 is 0. The third kappa shape index (κ3) is 5.30. The Morgan fingerprint density at radius 1 is 1.36 bits per heavy atom. The van der Waals surface area contributed by atoms with E-state index in [4.69, 9.17) is 5.26 Å². The van der Waals surface area contributed by atoms with Crippen molar-refractivity contribution in [3.8, 4) is 6.07 Å². The quantitative estimate of drug-likeness (QED) is 0.750. The molecule has 0 fully saturated rings. The Bertz CT molecular complexity index is 605. The molecule has 0 atom stereocenters. The molecule has 5 heteroatoms. The van der Waals surface area contributed by atoms with Gasteiger partial charge >= 0.3 is 0 Å². The molecule has 0 aromatic carbocycles. The number of pyridine rings is 1. The van der Waals surface area contributed by atoms with Crippen molar-refractivity contribution in [3.63, 3.8) is 0 Å². The minimum Gasteiger partial charge on any atom is -0.337 e. The monoisotopic (exact) mass is 313 g/mol. The highest BCUT2D eigenvalue weighted by Gasteiger charge is 2.13. The van der Waals surface area contributed by atoms with Gasteiger partial charge in [-0.3, -0.25) is 9.78 Å². The maximum Gasteiger partial charge on any atom is 0.222 e. The zero-order valence-corrected chi connectivity index (χ0v) is 13.3. The molecule has 4 nitrogen and oxygen atoms in total. The van der Waals surface area contributed by atoms with Crippen molar-refractivity contribution in [2.24, 2.45) is 0 Å². The molecule has 0 unspecified atom stereocenters. The Kier molecular flexibility index (Phi) is 6.59. The van der Waals surface area contributed by atoms with Gasteiger partial charge in [0, 0.05) is 36.8 Å². The lowest BCUT2D eigenvalue weighted by Gasteiger charge is -2.21. The number of aromatic nitrogens is 1. The Balaban J connectivity index is 1.86. The first-order valence-corrected chi connectivity index (χ1v) is 8.23. The topological polar surface area (TPSA) is 57.0 Å². The van der Waals surface area contributed by atoms with Gasteiger partial charge in [0.15, 0.2) is 0 Å². The van der Waals surface area contributed by atoms with E-state index in [1.165, 1.54) is 4.88 Å². The maximum atomic E-state index is 12.4. The number of rotatable bonds is 8. The lowest BCUT2D eigenvalue weighted by molar-refractivity contribution is -0.131. The summed E-state index contributed by atoms with van der Waals surface area (Å²) in [4.78, 5) is 19.5. The highest BCUT2D eigenvalue weighted by atomic mass is 32.1. The molecule has 0 aliphatic heterocycles. The number of aryl methyl sites for hydroxylation is 1. The molecular weight excluding hydrogens is 294 g/mol. The van der Waals surface area contributed by atoms with E-state index in [0.717, 1.165) is 18.4 Å². The molecule has 2 rings (SSSR count). The molecule has 0 saturated heterocycles. The molecule has 114 valence electrons. The zero-order chi connectivity index (χ0) is 15.6. The van der Waals surface area contributed by atoms with E-state index in [-0.39, 0.29) is 5.91 Å². The third-order valence-corrected chi connectivity index (χ3v) is 4.27.